The highest BCUT2D eigenvalue weighted by molar-refractivity contribution is 7.71. The SMILES string of the molecule is CC1CCC(N(Cn2nc(N3CCOCC3)n(Cc3ccccc3)c2=S)C2CC2)CC1. The molecule has 0 bridgehead atoms. The summed E-state index contributed by atoms with van der Waals surface area (Å²) in [6.45, 7) is 7.21. The van der Waals surface area contributed by atoms with E-state index in [2.05, 4.69) is 56.3 Å². The Bertz CT molecular complexity index is 908. The van der Waals surface area contributed by atoms with E-state index in [-0.39, 0.29) is 0 Å². The highest BCUT2D eigenvalue weighted by Gasteiger charge is 2.36. The fourth-order valence-electron chi connectivity index (χ4n) is 5.09. The summed E-state index contributed by atoms with van der Waals surface area (Å²) >= 11 is 6.01. The van der Waals surface area contributed by atoms with E-state index in [1.54, 1.807) is 0 Å². The van der Waals surface area contributed by atoms with Crippen molar-refractivity contribution in [1.29, 1.82) is 0 Å². The molecule has 2 aliphatic carbocycles. The maximum atomic E-state index is 6.01. The van der Waals surface area contributed by atoms with Gasteiger partial charge in [0.05, 0.1) is 26.4 Å². The number of aromatic nitrogens is 3. The lowest BCUT2D eigenvalue weighted by Crippen LogP contribution is -2.41. The van der Waals surface area contributed by atoms with Crippen LogP contribution in [0.3, 0.4) is 0 Å². The van der Waals surface area contributed by atoms with Gasteiger partial charge in [-0.25, -0.2) is 4.68 Å². The Kier molecular flexibility index (Phi) is 6.44. The molecule has 0 N–H and O–H groups in total. The van der Waals surface area contributed by atoms with Crippen LogP contribution in [0.2, 0.25) is 0 Å². The van der Waals surface area contributed by atoms with E-state index in [0.717, 1.165) is 56.2 Å². The number of hydrogen-bond acceptors (Lipinski definition) is 5. The van der Waals surface area contributed by atoms with Crippen LogP contribution in [0.1, 0.15) is 51.0 Å². The van der Waals surface area contributed by atoms with E-state index in [0.29, 0.717) is 12.1 Å². The molecule has 0 atom stereocenters. The molecule has 1 aromatic carbocycles. The van der Waals surface area contributed by atoms with Crippen molar-refractivity contribution in [2.45, 2.75) is 70.7 Å². The summed E-state index contributed by atoms with van der Waals surface area (Å²) in [7, 11) is 0. The molecular formula is C24H35N5OS. The van der Waals surface area contributed by atoms with E-state index in [9.17, 15) is 0 Å². The molecule has 1 aromatic heterocycles. The molecule has 0 unspecified atom stereocenters. The second-order valence-corrected chi connectivity index (χ2v) is 9.92. The Morgan fingerprint density at radius 1 is 1.00 bits per heavy atom. The Hall–Kier alpha value is -1.70. The Labute approximate surface area is 190 Å². The molecule has 5 rings (SSSR count). The summed E-state index contributed by atoms with van der Waals surface area (Å²) in [5.74, 6) is 1.86. The molecule has 3 aliphatic rings. The molecular weight excluding hydrogens is 406 g/mol. The normalized spacial score (nSPS) is 24.6. The van der Waals surface area contributed by atoms with Crippen LogP contribution >= 0.6 is 12.2 Å². The summed E-state index contributed by atoms with van der Waals surface area (Å²) in [5, 5.41) is 5.09. The zero-order valence-corrected chi connectivity index (χ0v) is 19.5. The highest BCUT2D eigenvalue weighted by Crippen LogP contribution is 2.35. The third-order valence-corrected chi connectivity index (χ3v) is 7.58. The first-order chi connectivity index (χ1) is 15.2. The van der Waals surface area contributed by atoms with Gasteiger partial charge in [-0.2, -0.15) is 0 Å². The van der Waals surface area contributed by atoms with Gasteiger partial charge < -0.3 is 9.64 Å². The molecule has 168 valence electrons. The number of nitrogens with zero attached hydrogens (tertiary/aromatic N) is 5. The van der Waals surface area contributed by atoms with Crippen LogP contribution in [0, 0.1) is 10.7 Å². The standard InChI is InChI=1S/C24H35N5OS/c1-19-7-9-21(10-8-19)28(22-11-12-22)18-29-24(31)27(17-20-5-3-2-4-6-20)23(25-29)26-13-15-30-16-14-26/h2-6,19,21-22H,7-18H2,1H3. The van der Waals surface area contributed by atoms with Gasteiger partial charge in [-0.05, 0) is 62.2 Å². The number of hydrogen-bond donors (Lipinski definition) is 0. The summed E-state index contributed by atoms with van der Waals surface area (Å²) in [6, 6.07) is 12.0. The fourth-order valence-corrected chi connectivity index (χ4v) is 5.33. The molecule has 6 nitrogen and oxygen atoms in total. The Morgan fingerprint density at radius 3 is 2.29 bits per heavy atom. The van der Waals surface area contributed by atoms with Crippen LogP contribution in [-0.2, 0) is 18.0 Å². The summed E-state index contributed by atoms with van der Waals surface area (Å²) in [4.78, 5) is 5.05. The molecule has 0 amide bonds. The average molecular weight is 442 g/mol. The number of anilines is 1. The van der Waals surface area contributed by atoms with Crippen molar-refractivity contribution in [1.82, 2.24) is 19.2 Å². The molecule has 2 aromatic rings. The fraction of sp³-hybridized carbons (Fsp3) is 0.667. The van der Waals surface area contributed by atoms with Gasteiger partial charge in [0.25, 0.3) is 0 Å². The summed E-state index contributed by atoms with van der Waals surface area (Å²) in [6.07, 6.45) is 7.96. The third-order valence-electron chi connectivity index (χ3n) is 7.15. The van der Waals surface area contributed by atoms with Crippen LogP contribution in [0.5, 0.6) is 0 Å². The third kappa shape index (κ3) is 4.89. The predicted molar refractivity (Wildman–Crippen MR) is 126 cm³/mol. The second kappa shape index (κ2) is 9.43. The first-order valence-corrected chi connectivity index (χ1v) is 12.4. The smallest absolute Gasteiger partial charge is 0.226 e. The van der Waals surface area contributed by atoms with Gasteiger partial charge in [0.15, 0.2) is 0 Å². The minimum absolute atomic E-state index is 0.678. The van der Waals surface area contributed by atoms with Gasteiger partial charge in [0.1, 0.15) is 0 Å². The Morgan fingerprint density at radius 2 is 1.65 bits per heavy atom. The first kappa shape index (κ1) is 21.2. The van der Waals surface area contributed by atoms with Crippen LogP contribution in [-0.4, -0.2) is 57.6 Å². The zero-order valence-electron chi connectivity index (χ0n) is 18.7. The highest BCUT2D eigenvalue weighted by atomic mass is 32.1. The van der Waals surface area contributed by atoms with Crippen molar-refractivity contribution in [3.8, 4) is 0 Å². The van der Waals surface area contributed by atoms with E-state index in [1.807, 2.05) is 0 Å². The van der Waals surface area contributed by atoms with Crippen molar-refractivity contribution in [3.63, 3.8) is 0 Å². The van der Waals surface area contributed by atoms with Crippen molar-refractivity contribution < 1.29 is 4.74 Å². The molecule has 2 heterocycles. The van der Waals surface area contributed by atoms with E-state index < -0.39 is 0 Å². The van der Waals surface area contributed by atoms with Gasteiger partial charge in [-0.3, -0.25) is 9.47 Å². The van der Waals surface area contributed by atoms with Crippen molar-refractivity contribution in [3.05, 3.63) is 40.7 Å². The topological polar surface area (TPSA) is 38.5 Å². The molecule has 1 saturated heterocycles. The minimum atomic E-state index is 0.678. The van der Waals surface area contributed by atoms with Crippen molar-refractivity contribution >= 4 is 18.2 Å². The first-order valence-electron chi connectivity index (χ1n) is 12.0. The number of benzene rings is 1. The van der Waals surface area contributed by atoms with Crippen LogP contribution < -0.4 is 4.90 Å². The van der Waals surface area contributed by atoms with E-state index >= 15 is 0 Å². The van der Waals surface area contributed by atoms with Crippen LogP contribution in [0.15, 0.2) is 30.3 Å². The largest absolute Gasteiger partial charge is 0.378 e. The molecule has 2 saturated carbocycles. The van der Waals surface area contributed by atoms with Gasteiger partial charge >= 0.3 is 0 Å². The van der Waals surface area contributed by atoms with E-state index in [1.165, 1.54) is 44.1 Å². The lowest BCUT2D eigenvalue weighted by molar-refractivity contribution is 0.0919. The molecule has 7 heteroatoms. The quantitative estimate of drug-likeness (QED) is 0.599. The lowest BCUT2D eigenvalue weighted by Gasteiger charge is -2.36. The number of rotatable bonds is 7. The zero-order chi connectivity index (χ0) is 21.2. The molecule has 0 radical (unpaired) electrons. The molecule has 31 heavy (non-hydrogen) atoms. The van der Waals surface area contributed by atoms with Crippen LogP contribution in [0.4, 0.5) is 5.95 Å². The summed E-state index contributed by atoms with van der Waals surface area (Å²) in [5.41, 5.74) is 1.26. The Balaban J connectivity index is 1.43. The van der Waals surface area contributed by atoms with E-state index in [4.69, 9.17) is 22.1 Å². The second-order valence-electron chi connectivity index (χ2n) is 9.55. The summed E-state index contributed by atoms with van der Waals surface area (Å²) < 4.78 is 10.7. The van der Waals surface area contributed by atoms with Crippen molar-refractivity contribution in [2.24, 2.45) is 5.92 Å². The predicted octanol–water partition coefficient (Wildman–Crippen LogP) is 4.30. The van der Waals surface area contributed by atoms with Crippen LogP contribution in [0.25, 0.3) is 0 Å². The molecule has 1 aliphatic heterocycles. The maximum Gasteiger partial charge on any atom is 0.226 e. The van der Waals surface area contributed by atoms with Gasteiger partial charge in [-0.15, -0.1) is 5.10 Å². The monoisotopic (exact) mass is 441 g/mol. The van der Waals surface area contributed by atoms with Gasteiger partial charge in [0, 0.05) is 25.2 Å². The number of ether oxygens (including phenoxy) is 1. The average Bonchev–Trinajstić information content (AvgIpc) is 3.61. The minimum Gasteiger partial charge on any atom is -0.378 e. The molecule has 3 fully saturated rings. The van der Waals surface area contributed by atoms with Gasteiger partial charge in [-0.1, -0.05) is 37.3 Å². The lowest BCUT2D eigenvalue weighted by atomic mass is 9.86. The molecule has 0 spiro atoms. The number of morpholine rings is 1. The van der Waals surface area contributed by atoms with Crippen molar-refractivity contribution in [2.75, 3.05) is 31.2 Å². The van der Waals surface area contributed by atoms with Gasteiger partial charge in [0.2, 0.25) is 10.7 Å². The maximum absolute atomic E-state index is 6.01.